The van der Waals surface area contributed by atoms with Crippen molar-refractivity contribution in [2.45, 2.75) is 24.3 Å². The highest BCUT2D eigenvalue weighted by Crippen LogP contribution is 2.20. The Bertz CT molecular complexity index is 790. The largest absolute Gasteiger partial charge is 0.302 e. The molecule has 1 aliphatic heterocycles. The van der Waals surface area contributed by atoms with Crippen molar-refractivity contribution in [3.05, 3.63) is 66.0 Å². The fraction of sp³-hybridized carbons (Fsp3) is 0.368. The van der Waals surface area contributed by atoms with Crippen LogP contribution >= 0.6 is 0 Å². The van der Waals surface area contributed by atoms with E-state index in [0.29, 0.717) is 13.1 Å². The molecule has 0 bridgehead atoms. The van der Waals surface area contributed by atoms with Gasteiger partial charge in [0.25, 0.3) is 0 Å². The first kappa shape index (κ1) is 18.0. The molecule has 0 spiro atoms. The maximum atomic E-state index is 13.5. The SMILES string of the molecule is O=S(=O)(c1cccc(F)c1)N(CCN1CCCC1)Cc1ccccc1. The molecular weight excluding hydrogens is 339 g/mol. The summed E-state index contributed by atoms with van der Waals surface area (Å²) in [4.78, 5) is 2.28. The molecule has 0 unspecified atom stereocenters. The molecule has 0 aromatic heterocycles. The Morgan fingerprint density at radius 2 is 1.72 bits per heavy atom. The average molecular weight is 362 g/mol. The van der Waals surface area contributed by atoms with Gasteiger partial charge in [0.2, 0.25) is 10.0 Å². The van der Waals surface area contributed by atoms with Crippen LogP contribution in [0, 0.1) is 5.82 Å². The Morgan fingerprint density at radius 3 is 2.40 bits per heavy atom. The number of nitrogens with zero attached hydrogens (tertiary/aromatic N) is 2. The van der Waals surface area contributed by atoms with E-state index >= 15 is 0 Å². The molecule has 2 aromatic carbocycles. The molecule has 1 saturated heterocycles. The molecule has 0 atom stereocenters. The third kappa shape index (κ3) is 4.66. The van der Waals surface area contributed by atoms with Gasteiger partial charge < -0.3 is 4.90 Å². The van der Waals surface area contributed by atoms with E-state index in [1.807, 2.05) is 30.3 Å². The lowest BCUT2D eigenvalue weighted by molar-refractivity contribution is 0.291. The van der Waals surface area contributed by atoms with E-state index in [1.165, 1.54) is 22.5 Å². The van der Waals surface area contributed by atoms with Crippen molar-refractivity contribution in [2.24, 2.45) is 0 Å². The summed E-state index contributed by atoms with van der Waals surface area (Å²) >= 11 is 0. The number of sulfonamides is 1. The Kier molecular flexibility index (Phi) is 5.83. The molecule has 2 aromatic rings. The normalized spacial score (nSPS) is 15.8. The van der Waals surface area contributed by atoms with Crippen molar-refractivity contribution >= 4 is 10.0 Å². The monoisotopic (exact) mass is 362 g/mol. The van der Waals surface area contributed by atoms with Crippen LogP contribution in [-0.2, 0) is 16.6 Å². The predicted octanol–water partition coefficient (Wildman–Crippen LogP) is 3.11. The zero-order valence-electron chi connectivity index (χ0n) is 14.1. The van der Waals surface area contributed by atoms with E-state index in [2.05, 4.69) is 4.90 Å². The third-order valence-corrected chi connectivity index (χ3v) is 6.34. The van der Waals surface area contributed by atoms with Crippen LogP contribution in [-0.4, -0.2) is 43.8 Å². The first-order valence-electron chi connectivity index (χ1n) is 8.58. The second-order valence-electron chi connectivity index (χ2n) is 6.33. The van der Waals surface area contributed by atoms with Crippen molar-refractivity contribution < 1.29 is 12.8 Å². The lowest BCUT2D eigenvalue weighted by Gasteiger charge is -2.25. The number of hydrogen-bond acceptors (Lipinski definition) is 3. The van der Waals surface area contributed by atoms with Gasteiger partial charge in [-0.2, -0.15) is 4.31 Å². The van der Waals surface area contributed by atoms with Crippen LogP contribution in [0.3, 0.4) is 0 Å². The van der Waals surface area contributed by atoms with Crippen molar-refractivity contribution in [1.82, 2.24) is 9.21 Å². The molecule has 6 heteroatoms. The maximum Gasteiger partial charge on any atom is 0.243 e. The summed E-state index contributed by atoms with van der Waals surface area (Å²) in [6, 6.07) is 14.7. The minimum atomic E-state index is -3.75. The Morgan fingerprint density at radius 1 is 1.00 bits per heavy atom. The van der Waals surface area contributed by atoms with Gasteiger partial charge in [-0.1, -0.05) is 36.4 Å². The molecule has 0 amide bonds. The summed E-state index contributed by atoms with van der Waals surface area (Å²) in [5, 5.41) is 0. The molecule has 0 radical (unpaired) electrons. The molecule has 1 heterocycles. The summed E-state index contributed by atoms with van der Waals surface area (Å²) in [5.41, 5.74) is 0.920. The summed E-state index contributed by atoms with van der Waals surface area (Å²) < 4.78 is 41.1. The number of hydrogen-bond donors (Lipinski definition) is 0. The van der Waals surface area contributed by atoms with Crippen LogP contribution in [0.25, 0.3) is 0 Å². The molecule has 1 fully saturated rings. The van der Waals surface area contributed by atoms with Crippen LogP contribution in [0.4, 0.5) is 4.39 Å². The Labute approximate surface area is 148 Å². The number of benzene rings is 2. The highest BCUT2D eigenvalue weighted by atomic mass is 32.2. The van der Waals surface area contributed by atoms with Gasteiger partial charge in [0.05, 0.1) is 4.90 Å². The molecule has 134 valence electrons. The summed E-state index contributed by atoms with van der Waals surface area (Å²) in [6.07, 6.45) is 2.32. The molecule has 0 aliphatic carbocycles. The lowest BCUT2D eigenvalue weighted by Crippen LogP contribution is -2.37. The first-order valence-corrected chi connectivity index (χ1v) is 10.0. The molecule has 4 nitrogen and oxygen atoms in total. The second-order valence-corrected chi connectivity index (χ2v) is 8.27. The highest BCUT2D eigenvalue weighted by molar-refractivity contribution is 7.89. The minimum absolute atomic E-state index is 0.00449. The van der Waals surface area contributed by atoms with Crippen LogP contribution in [0.1, 0.15) is 18.4 Å². The summed E-state index contributed by atoms with van der Waals surface area (Å²) in [6.45, 7) is 3.40. The predicted molar refractivity (Wildman–Crippen MR) is 96.1 cm³/mol. The topological polar surface area (TPSA) is 40.6 Å². The van der Waals surface area contributed by atoms with E-state index in [0.717, 1.165) is 37.6 Å². The smallest absolute Gasteiger partial charge is 0.243 e. The highest BCUT2D eigenvalue weighted by Gasteiger charge is 2.26. The lowest BCUT2D eigenvalue weighted by atomic mass is 10.2. The molecule has 25 heavy (non-hydrogen) atoms. The van der Waals surface area contributed by atoms with Gasteiger partial charge >= 0.3 is 0 Å². The Balaban J connectivity index is 1.83. The van der Waals surface area contributed by atoms with Gasteiger partial charge in [0.15, 0.2) is 0 Å². The molecule has 1 aliphatic rings. The fourth-order valence-corrected chi connectivity index (χ4v) is 4.56. The van der Waals surface area contributed by atoms with Gasteiger partial charge in [0, 0.05) is 19.6 Å². The minimum Gasteiger partial charge on any atom is -0.302 e. The van der Waals surface area contributed by atoms with Crippen molar-refractivity contribution in [1.29, 1.82) is 0 Å². The summed E-state index contributed by atoms with van der Waals surface area (Å²) in [7, 11) is -3.75. The molecular formula is C19H23FN2O2S. The standard InChI is InChI=1S/C19H23FN2O2S/c20-18-9-6-10-19(15-18)25(23,24)22(14-13-21-11-4-5-12-21)16-17-7-2-1-3-8-17/h1-3,6-10,15H,4-5,11-14,16H2. The van der Waals surface area contributed by atoms with Crippen molar-refractivity contribution in [3.63, 3.8) is 0 Å². The molecule has 0 N–H and O–H groups in total. The quantitative estimate of drug-likeness (QED) is 0.760. The van der Waals surface area contributed by atoms with Gasteiger partial charge in [-0.05, 0) is 49.7 Å². The van der Waals surface area contributed by atoms with Crippen molar-refractivity contribution in [3.8, 4) is 0 Å². The van der Waals surface area contributed by atoms with Gasteiger partial charge in [-0.25, -0.2) is 12.8 Å². The summed E-state index contributed by atoms with van der Waals surface area (Å²) in [5.74, 6) is -0.541. The molecule has 0 saturated carbocycles. The van der Waals surface area contributed by atoms with Gasteiger partial charge in [-0.15, -0.1) is 0 Å². The van der Waals surface area contributed by atoms with E-state index < -0.39 is 15.8 Å². The van der Waals surface area contributed by atoms with Gasteiger partial charge in [0.1, 0.15) is 5.82 Å². The third-order valence-electron chi connectivity index (χ3n) is 4.50. The van der Waals surface area contributed by atoms with Crippen molar-refractivity contribution in [2.75, 3.05) is 26.2 Å². The zero-order valence-corrected chi connectivity index (χ0v) is 15.0. The average Bonchev–Trinajstić information content (AvgIpc) is 3.13. The van der Waals surface area contributed by atoms with E-state index in [1.54, 1.807) is 0 Å². The van der Waals surface area contributed by atoms with E-state index in [9.17, 15) is 12.8 Å². The molecule has 3 rings (SSSR count). The second kappa shape index (κ2) is 8.08. The first-order chi connectivity index (χ1) is 12.1. The fourth-order valence-electron chi connectivity index (χ4n) is 3.11. The van der Waals surface area contributed by atoms with Crippen LogP contribution < -0.4 is 0 Å². The van der Waals surface area contributed by atoms with Crippen LogP contribution in [0.5, 0.6) is 0 Å². The van der Waals surface area contributed by atoms with Crippen LogP contribution in [0.15, 0.2) is 59.5 Å². The zero-order chi connectivity index (χ0) is 17.7. The van der Waals surface area contributed by atoms with E-state index in [4.69, 9.17) is 0 Å². The van der Waals surface area contributed by atoms with Crippen LogP contribution in [0.2, 0.25) is 0 Å². The number of rotatable bonds is 7. The maximum absolute atomic E-state index is 13.5. The Hall–Kier alpha value is -1.76. The van der Waals surface area contributed by atoms with Gasteiger partial charge in [-0.3, -0.25) is 0 Å². The van der Waals surface area contributed by atoms with E-state index in [-0.39, 0.29) is 11.4 Å². The number of halogens is 1. The number of likely N-dealkylation sites (tertiary alicyclic amines) is 1.